The Morgan fingerprint density at radius 2 is 2.25 bits per heavy atom. The number of hydrogen-bond acceptors (Lipinski definition) is 4. The summed E-state index contributed by atoms with van der Waals surface area (Å²) in [5.41, 5.74) is 0.954. The smallest absolute Gasteiger partial charge is 0.214 e. The van der Waals surface area contributed by atoms with Crippen LogP contribution >= 0.6 is 0 Å². The minimum Gasteiger partial charge on any atom is -0.481 e. The van der Waals surface area contributed by atoms with Gasteiger partial charge in [-0.2, -0.15) is 0 Å². The average Bonchev–Trinajstić information content (AvgIpc) is 2.83. The highest BCUT2D eigenvalue weighted by Crippen LogP contribution is 2.18. The zero-order valence-corrected chi connectivity index (χ0v) is 9.27. The van der Waals surface area contributed by atoms with E-state index in [9.17, 15) is 0 Å². The van der Waals surface area contributed by atoms with Crippen molar-refractivity contribution in [2.24, 2.45) is 0 Å². The van der Waals surface area contributed by atoms with Crippen LogP contribution in [0.15, 0.2) is 30.7 Å². The van der Waals surface area contributed by atoms with E-state index in [1.807, 2.05) is 19.1 Å². The molecule has 0 aromatic carbocycles. The maximum Gasteiger partial charge on any atom is 0.214 e. The third-order valence-corrected chi connectivity index (χ3v) is 2.26. The predicted molar refractivity (Wildman–Crippen MR) is 61.4 cm³/mol. The summed E-state index contributed by atoms with van der Waals surface area (Å²) >= 11 is 0. The van der Waals surface area contributed by atoms with Crippen LogP contribution in [0.2, 0.25) is 0 Å². The van der Waals surface area contributed by atoms with Crippen molar-refractivity contribution in [3.8, 4) is 5.88 Å². The van der Waals surface area contributed by atoms with Gasteiger partial charge in [-0.05, 0) is 13.0 Å². The first-order chi connectivity index (χ1) is 7.79. The SMILES string of the molecule is COc1cc(NC(C)c2ncc[nH]2)ccn1. The number of hydrogen-bond donors (Lipinski definition) is 2. The van der Waals surface area contributed by atoms with Crippen LogP contribution in [0.4, 0.5) is 5.69 Å². The molecule has 5 heteroatoms. The van der Waals surface area contributed by atoms with Crippen LogP contribution in [0, 0.1) is 0 Å². The lowest BCUT2D eigenvalue weighted by atomic mass is 10.3. The largest absolute Gasteiger partial charge is 0.481 e. The summed E-state index contributed by atoms with van der Waals surface area (Å²) in [4.78, 5) is 11.3. The van der Waals surface area contributed by atoms with Crippen molar-refractivity contribution >= 4 is 5.69 Å². The number of rotatable bonds is 4. The van der Waals surface area contributed by atoms with Gasteiger partial charge in [0.05, 0.1) is 13.2 Å². The molecule has 1 unspecified atom stereocenters. The highest BCUT2D eigenvalue weighted by Gasteiger charge is 2.07. The Hall–Kier alpha value is -2.04. The van der Waals surface area contributed by atoms with E-state index in [2.05, 4.69) is 20.3 Å². The lowest BCUT2D eigenvalue weighted by molar-refractivity contribution is 0.398. The molecule has 2 rings (SSSR count). The molecule has 2 N–H and O–H groups in total. The fourth-order valence-electron chi connectivity index (χ4n) is 1.44. The van der Waals surface area contributed by atoms with Crippen molar-refractivity contribution in [3.63, 3.8) is 0 Å². The number of aromatic amines is 1. The first kappa shape index (κ1) is 10.5. The van der Waals surface area contributed by atoms with Crippen molar-refractivity contribution in [1.82, 2.24) is 15.0 Å². The van der Waals surface area contributed by atoms with E-state index >= 15 is 0 Å². The van der Waals surface area contributed by atoms with E-state index in [0.717, 1.165) is 11.5 Å². The van der Waals surface area contributed by atoms with Gasteiger partial charge in [-0.15, -0.1) is 0 Å². The Labute approximate surface area is 93.9 Å². The van der Waals surface area contributed by atoms with Crippen molar-refractivity contribution in [2.45, 2.75) is 13.0 Å². The Morgan fingerprint density at radius 1 is 1.38 bits per heavy atom. The zero-order valence-electron chi connectivity index (χ0n) is 9.27. The molecule has 0 aliphatic heterocycles. The van der Waals surface area contributed by atoms with Crippen LogP contribution in [0.1, 0.15) is 18.8 Å². The van der Waals surface area contributed by atoms with Gasteiger partial charge in [-0.25, -0.2) is 9.97 Å². The molecule has 5 nitrogen and oxygen atoms in total. The van der Waals surface area contributed by atoms with Crippen LogP contribution in [0.3, 0.4) is 0 Å². The Balaban J connectivity index is 2.08. The number of ether oxygens (including phenoxy) is 1. The molecule has 16 heavy (non-hydrogen) atoms. The van der Waals surface area contributed by atoms with E-state index in [-0.39, 0.29) is 6.04 Å². The lowest BCUT2D eigenvalue weighted by Crippen LogP contribution is -2.08. The minimum absolute atomic E-state index is 0.113. The molecule has 2 aromatic rings. The van der Waals surface area contributed by atoms with Gasteiger partial charge in [-0.1, -0.05) is 0 Å². The molecule has 0 bridgehead atoms. The monoisotopic (exact) mass is 218 g/mol. The predicted octanol–water partition coefficient (Wildman–Crippen LogP) is 1.99. The summed E-state index contributed by atoms with van der Waals surface area (Å²) < 4.78 is 5.05. The lowest BCUT2D eigenvalue weighted by Gasteiger charge is -2.13. The fraction of sp³-hybridized carbons (Fsp3) is 0.273. The minimum atomic E-state index is 0.113. The topological polar surface area (TPSA) is 62.8 Å². The second-order valence-corrected chi connectivity index (χ2v) is 3.43. The van der Waals surface area contributed by atoms with Gasteiger partial charge < -0.3 is 15.0 Å². The van der Waals surface area contributed by atoms with Crippen molar-refractivity contribution < 1.29 is 4.74 Å². The molecule has 1 atom stereocenters. The molecular formula is C11H14N4O. The quantitative estimate of drug-likeness (QED) is 0.823. The standard InChI is InChI=1S/C11H14N4O/c1-8(11-13-5-6-14-11)15-9-3-4-12-10(7-9)16-2/h3-8H,1-2H3,(H,12,15)(H,13,14). The maximum absolute atomic E-state index is 5.05. The molecule has 0 saturated heterocycles. The average molecular weight is 218 g/mol. The molecule has 0 radical (unpaired) electrons. The van der Waals surface area contributed by atoms with Crippen LogP contribution < -0.4 is 10.1 Å². The van der Waals surface area contributed by atoms with Crippen molar-refractivity contribution in [1.29, 1.82) is 0 Å². The van der Waals surface area contributed by atoms with Gasteiger partial charge in [0, 0.05) is 30.3 Å². The molecule has 0 spiro atoms. The number of imidazole rings is 1. The highest BCUT2D eigenvalue weighted by atomic mass is 16.5. The maximum atomic E-state index is 5.05. The Kier molecular flexibility index (Phi) is 3.05. The fourth-order valence-corrected chi connectivity index (χ4v) is 1.44. The summed E-state index contributed by atoms with van der Waals surface area (Å²) in [6.07, 6.45) is 5.25. The summed E-state index contributed by atoms with van der Waals surface area (Å²) in [5, 5.41) is 3.31. The number of nitrogens with zero attached hydrogens (tertiary/aromatic N) is 2. The van der Waals surface area contributed by atoms with Gasteiger partial charge in [0.15, 0.2) is 0 Å². The summed E-state index contributed by atoms with van der Waals surface area (Å²) in [7, 11) is 1.60. The van der Waals surface area contributed by atoms with Crippen LogP contribution in [0.25, 0.3) is 0 Å². The summed E-state index contributed by atoms with van der Waals surface area (Å²) in [6.45, 7) is 2.03. The summed E-state index contributed by atoms with van der Waals surface area (Å²) in [6, 6.07) is 3.85. The molecule has 0 aliphatic rings. The third-order valence-electron chi connectivity index (χ3n) is 2.26. The van der Waals surface area contributed by atoms with E-state index in [4.69, 9.17) is 4.74 Å². The molecule has 0 aliphatic carbocycles. The van der Waals surface area contributed by atoms with Gasteiger partial charge in [0.25, 0.3) is 0 Å². The van der Waals surface area contributed by atoms with Gasteiger partial charge in [-0.3, -0.25) is 0 Å². The number of nitrogens with one attached hydrogen (secondary N) is 2. The van der Waals surface area contributed by atoms with E-state index in [0.29, 0.717) is 5.88 Å². The third kappa shape index (κ3) is 2.31. The summed E-state index contributed by atoms with van der Waals surface area (Å²) in [5.74, 6) is 1.49. The Bertz CT molecular complexity index is 441. The second-order valence-electron chi connectivity index (χ2n) is 3.43. The molecule has 0 amide bonds. The highest BCUT2D eigenvalue weighted by molar-refractivity contribution is 5.46. The van der Waals surface area contributed by atoms with Crippen LogP contribution in [-0.2, 0) is 0 Å². The molecule has 2 aromatic heterocycles. The van der Waals surface area contributed by atoms with Crippen molar-refractivity contribution in [2.75, 3.05) is 12.4 Å². The van der Waals surface area contributed by atoms with E-state index in [1.165, 1.54) is 0 Å². The second kappa shape index (κ2) is 4.65. The Morgan fingerprint density at radius 3 is 2.94 bits per heavy atom. The number of H-pyrrole nitrogens is 1. The van der Waals surface area contributed by atoms with Crippen molar-refractivity contribution in [3.05, 3.63) is 36.5 Å². The van der Waals surface area contributed by atoms with E-state index < -0.39 is 0 Å². The molecule has 2 heterocycles. The first-order valence-corrected chi connectivity index (χ1v) is 5.05. The normalized spacial score (nSPS) is 12.1. The van der Waals surface area contributed by atoms with Gasteiger partial charge in [0.2, 0.25) is 5.88 Å². The molecular weight excluding hydrogens is 204 g/mol. The van der Waals surface area contributed by atoms with Gasteiger partial charge in [0.1, 0.15) is 5.82 Å². The first-order valence-electron chi connectivity index (χ1n) is 5.05. The number of methoxy groups -OCH3 is 1. The van der Waals surface area contributed by atoms with Crippen LogP contribution in [0.5, 0.6) is 5.88 Å². The number of pyridine rings is 1. The number of anilines is 1. The van der Waals surface area contributed by atoms with E-state index in [1.54, 1.807) is 25.7 Å². The molecule has 84 valence electrons. The zero-order chi connectivity index (χ0) is 11.4. The molecule has 0 fully saturated rings. The van der Waals surface area contributed by atoms with Gasteiger partial charge >= 0.3 is 0 Å². The molecule has 0 saturated carbocycles. The van der Waals surface area contributed by atoms with Crippen LogP contribution in [-0.4, -0.2) is 22.1 Å². The number of aromatic nitrogens is 3.